The fraction of sp³-hybridized carbons (Fsp3) is 0.438. The zero-order valence-corrected chi connectivity index (χ0v) is 12.9. The Balaban J connectivity index is 1.83. The number of benzene rings is 1. The molecular weight excluding hydrogens is 266 g/mol. The number of nitrogens with zero attached hydrogens (tertiary/aromatic N) is 2. The topological polar surface area (TPSA) is 48.3 Å². The Morgan fingerprint density at radius 1 is 1.24 bits per heavy atom. The molecule has 0 unspecified atom stereocenters. The molecule has 2 aromatic rings. The van der Waals surface area contributed by atoms with Gasteiger partial charge in [0.05, 0.1) is 19.9 Å². The number of aryl methyl sites for hydroxylation is 1. The summed E-state index contributed by atoms with van der Waals surface area (Å²) in [6.45, 7) is 4.33. The maximum atomic E-state index is 5.58. The van der Waals surface area contributed by atoms with E-state index in [4.69, 9.17) is 9.47 Å². The van der Waals surface area contributed by atoms with E-state index in [0.717, 1.165) is 31.0 Å². The first-order valence-electron chi connectivity index (χ1n) is 7.21. The van der Waals surface area contributed by atoms with Gasteiger partial charge in [0, 0.05) is 19.8 Å². The molecule has 0 saturated heterocycles. The SMILES string of the molecule is CCOc1cc(CNCCc2cnn(C)c2)ccc1OC. The van der Waals surface area contributed by atoms with Crippen LogP contribution in [0.25, 0.3) is 0 Å². The molecule has 0 spiro atoms. The highest BCUT2D eigenvalue weighted by molar-refractivity contribution is 5.42. The van der Waals surface area contributed by atoms with Crippen molar-refractivity contribution in [2.75, 3.05) is 20.3 Å². The van der Waals surface area contributed by atoms with E-state index in [2.05, 4.69) is 16.5 Å². The first-order chi connectivity index (χ1) is 10.2. The van der Waals surface area contributed by atoms with E-state index in [1.54, 1.807) is 7.11 Å². The number of ether oxygens (including phenoxy) is 2. The molecule has 1 N–H and O–H groups in total. The summed E-state index contributed by atoms with van der Waals surface area (Å²) in [5.74, 6) is 1.57. The van der Waals surface area contributed by atoms with Crippen LogP contribution >= 0.6 is 0 Å². The third kappa shape index (κ3) is 4.49. The molecule has 0 aliphatic rings. The summed E-state index contributed by atoms with van der Waals surface area (Å²) in [4.78, 5) is 0. The van der Waals surface area contributed by atoms with Gasteiger partial charge in [-0.1, -0.05) is 6.07 Å². The van der Waals surface area contributed by atoms with E-state index in [-0.39, 0.29) is 0 Å². The quantitative estimate of drug-likeness (QED) is 0.757. The number of hydrogen-bond acceptors (Lipinski definition) is 4. The van der Waals surface area contributed by atoms with Crippen LogP contribution in [0.1, 0.15) is 18.1 Å². The minimum Gasteiger partial charge on any atom is -0.493 e. The Labute approximate surface area is 125 Å². The van der Waals surface area contributed by atoms with Crippen LogP contribution in [0.4, 0.5) is 0 Å². The third-order valence-electron chi connectivity index (χ3n) is 3.21. The van der Waals surface area contributed by atoms with Crippen LogP contribution < -0.4 is 14.8 Å². The molecule has 0 aliphatic heterocycles. The summed E-state index contributed by atoms with van der Waals surface area (Å²) in [5.41, 5.74) is 2.43. The van der Waals surface area contributed by atoms with E-state index in [1.165, 1.54) is 11.1 Å². The fourth-order valence-corrected chi connectivity index (χ4v) is 2.17. The Hall–Kier alpha value is -2.01. The van der Waals surface area contributed by atoms with E-state index in [1.807, 2.05) is 43.2 Å². The molecule has 0 aliphatic carbocycles. The van der Waals surface area contributed by atoms with E-state index in [9.17, 15) is 0 Å². The molecule has 0 atom stereocenters. The lowest BCUT2D eigenvalue weighted by Crippen LogP contribution is -2.16. The average molecular weight is 289 g/mol. The van der Waals surface area contributed by atoms with E-state index < -0.39 is 0 Å². The summed E-state index contributed by atoms with van der Waals surface area (Å²) in [7, 11) is 3.59. The van der Waals surface area contributed by atoms with Crippen molar-refractivity contribution in [3.05, 3.63) is 41.7 Å². The first-order valence-corrected chi connectivity index (χ1v) is 7.21. The van der Waals surface area contributed by atoms with Crippen LogP contribution in [0, 0.1) is 0 Å². The summed E-state index contributed by atoms with van der Waals surface area (Å²) in [5, 5.41) is 7.60. The van der Waals surface area contributed by atoms with Gasteiger partial charge in [-0.2, -0.15) is 5.10 Å². The maximum absolute atomic E-state index is 5.58. The highest BCUT2D eigenvalue weighted by Gasteiger charge is 2.05. The molecule has 0 bridgehead atoms. The van der Waals surface area contributed by atoms with Crippen LogP contribution in [0.2, 0.25) is 0 Å². The van der Waals surface area contributed by atoms with Crippen molar-refractivity contribution >= 4 is 0 Å². The van der Waals surface area contributed by atoms with E-state index >= 15 is 0 Å². The van der Waals surface area contributed by atoms with Crippen LogP contribution in [0.15, 0.2) is 30.6 Å². The van der Waals surface area contributed by atoms with Crippen LogP contribution in [0.3, 0.4) is 0 Å². The molecule has 1 aromatic carbocycles. The molecule has 114 valence electrons. The van der Waals surface area contributed by atoms with Crippen LogP contribution in [0.5, 0.6) is 11.5 Å². The number of aromatic nitrogens is 2. The molecule has 1 heterocycles. The molecule has 21 heavy (non-hydrogen) atoms. The molecule has 2 rings (SSSR count). The molecule has 1 aromatic heterocycles. The highest BCUT2D eigenvalue weighted by Crippen LogP contribution is 2.27. The molecule has 5 nitrogen and oxygen atoms in total. The summed E-state index contributed by atoms with van der Waals surface area (Å²) in [6, 6.07) is 6.03. The minimum atomic E-state index is 0.633. The lowest BCUT2D eigenvalue weighted by atomic mass is 10.2. The van der Waals surface area contributed by atoms with Gasteiger partial charge in [0.15, 0.2) is 11.5 Å². The van der Waals surface area contributed by atoms with Crippen molar-refractivity contribution in [1.82, 2.24) is 15.1 Å². The lowest BCUT2D eigenvalue weighted by molar-refractivity contribution is 0.310. The number of methoxy groups -OCH3 is 1. The normalized spacial score (nSPS) is 10.6. The molecule has 0 radical (unpaired) electrons. The lowest BCUT2D eigenvalue weighted by Gasteiger charge is -2.11. The largest absolute Gasteiger partial charge is 0.493 e. The zero-order chi connectivity index (χ0) is 15.1. The maximum Gasteiger partial charge on any atom is 0.161 e. The van der Waals surface area contributed by atoms with Gasteiger partial charge in [-0.05, 0) is 43.1 Å². The molecule has 5 heteroatoms. The monoisotopic (exact) mass is 289 g/mol. The Morgan fingerprint density at radius 3 is 2.76 bits per heavy atom. The zero-order valence-electron chi connectivity index (χ0n) is 12.9. The van der Waals surface area contributed by atoms with Gasteiger partial charge in [0.1, 0.15) is 0 Å². The van der Waals surface area contributed by atoms with Crippen LogP contribution in [-0.2, 0) is 20.0 Å². The number of rotatable bonds is 8. The van der Waals surface area contributed by atoms with Gasteiger partial charge in [-0.25, -0.2) is 0 Å². The predicted molar refractivity (Wildman–Crippen MR) is 82.8 cm³/mol. The molecule has 0 amide bonds. The second-order valence-corrected chi connectivity index (χ2v) is 4.87. The van der Waals surface area contributed by atoms with Crippen molar-refractivity contribution in [1.29, 1.82) is 0 Å². The summed E-state index contributed by atoms with van der Waals surface area (Å²) < 4.78 is 12.7. The molecule has 0 saturated carbocycles. The van der Waals surface area contributed by atoms with Gasteiger partial charge in [-0.15, -0.1) is 0 Å². The van der Waals surface area contributed by atoms with Crippen molar-refractivity contribution in [3.63, 3.8) is 0 Å². The van der Waals surface area contributed by atoms with Gasteiger partial charge in [0.2, 0.25) is 0 Å². The third-order valence-corrected chi connectivity index (χ3v) is 3.21. The fourth-order valence-electron chi connectivity index (χ4n) is 2.17. The number of nitrogens with one attached hydrogen (secondary N) is 1. The molecular formula is C16H23N3O2. The Morgan fingerprint density at radius 2 is 2.10 bits per heavy atom. The van der Waals surface area contributed by atoms with E-state index in [0.29, 0.717) is 6.61 Å². The first kappa shape index (κ1) is 15.4. The summed E-state index contributed by atoms with van der Waals surface area (Å²) in [6.07, 6.45) is 4.92. The van der Waals surface area contributed by atoms with Crippen LogP contribution in [-0.4, -0.2) is 30.0 Å². The summed E-state index contributed by atoms with van der Waals surface area (Å²) >= 11 is 0. The predicted octanol–water partition coefficient (Wildman–Crippen LogP) is 2.16. The Bertz CT molecular complexity index is 566. The molecule has 0 fully saturated rings. The van der Waals surface area contributed by atoms with Crippen molar-refractivity contribution in [2.24, 2.45) is 7.05 Å². The van der Waals surface area contributed by atoms with Crippen molar-refractivity contribution in [3.8, 4) is 11.5 Å². The smallest absolute Gasteiger partial charge is 0.161 e. The van der Waals surface area contributed by atoms with Gasteiger partial charge >= 0.3 is 0 Å². The highest BCUT2D eigenvalue weighted by atomic mass is 16.5. The van der Waals surface area contributed by atoms with Crippen molar-refractivity contribution < 1.29 is 9.47 Å². The Kier molecular flexibility index (Phi) is 5.63. The second kappa shape index (κ2) is 7.69. The van der Waals surface area contributed by atoms with Gasteiger partial charge in [-0.3, -0.25) is 4.68 Å². The van der Waals surface area contributed by atoms with Gasteiger partial charge < -0.3 is 14.8 Å². The second-order valence-electron chi connectivity index (χ2n) is 4.87. The van der Waals surface area contributed by atoms with Gasteiger partial charge in [0.25, 0.3) is 0 Å². The standard InChI is InChI=1S/C16H23N3O2/c1-4-21-16-9-13(5-6-15(16)20-3)10-17-8-7-14-11-18-19(2)12-14/h5-6,9,11-12,17H,4,7-8,10H2,1-3H3. The average Bonchev–Trinajstić information content (AvgIpc) is 2.90. The van der Waals surface area contributed by atoms with Crippen molar-refractivity contribution in [2.45, 2.75) is 19.9 Å². The number of hydrogen-bond donors (Lipinski definition) is 1. The minimum absolute atomic E-state index is 0.633.